The smallest absolute Gasteiger partial charge is 0.270 e. The highest BCUT2D eigenvalue weighted by molar-refractivity contribution is 7.07. The number of benzene rings is 1. The summed E-state index contributed by atoms with van der Waals surface area (Å²) >= 11 is 1.08. The number of carbonyl (C=O) groups is 1. The zero-order valence-corrected chi connectivity index (χ0v) is 21.3. The molecule has 8 nitrogen and oxygen atoms in total. The molecule has 1 amide bonds. The molecule has 9 heteroatoms. The molecule has 2 N–H and O–H groups in total. The van der Waals surface area contributed by atoms with Gasteiger partial charge in [0.1, 0.15) is 21.8 Å². The maximum atomic E-state index is 12.9. The summed E-state index contributed by atoms with van der Waals surface area (Å²) < 4.78 is 2.08. The number of nitriles is 2. The number of hydrogen-bond acceptors (Lipinski definition) is 7. The van der Waals surface area contributed by atoms with E-state index < -0.39 is 5.91 Å². The van der Waals surface area contributed by atoms with Crippen molar-refractivity contribution in [3.8, 4) is 12.1 Å². The Hall–Kier alpha value is -3.40. The Kier molecular flexibility index (Phi) is 9.25. The summed E-state index contributed by atoms with van der Waals surface area (Å²) in [6.07, 6.45) is 6.39. The van der Waals surface area contributed by atoms with E-state index in [4.69, 9.17) is 5.26 Å². The van der Waals surface area contributed by atoms with Crippen LogP contribution in [0, 0.1) is 22.7 Å². The average molecular weight is 493 g/mol. The first kappa shape index (κ1) is 26.2. The number of nitrogens with one attached hydrogen (secondary N) is 2. The third-order valence-corrected chi connectivity index (χ3v) is 7.57. The van der Waals surface area contributed by atoms with Gasteiger partial charge in [-0.1, -0.05) is 18.6 Å². The predicted octanol–water partition coefficient (Wildman–Crippen LogP) is 1.90. The molecule has 0 bridgehead atoms. The molecule has 0 saturated carbocycles. The summed E-state index contributed by atoms with van der Waals surface area (Å²) in [6.45, 7) is 7.53. The minimum absolute atomic E-state index is 0.174. The van der Waals surface area contributed by atoms with Gasteiger partial charge in [0.25, 0.3) is 11.5 Å². The molecule has 1 aromatic heterocycles. The molecule has 0 spiro atoms. The van der Waals surface area contributed by atoms with E-state index in [0.717, 1.165) is 30.0 Å². The summed E-state index contributed by atoms with van der Waals surface area (Å²) in [4.78, 5) is 27.8. The van der Waals surface area contributed by atoms with Gasteiger partial charge in [-0.3, -0.25) is 19.1 Å². The number of hydrogen-bond donors (Lipinski definition) is 2. The molecule has 184 valence electrons. The van der Waals surface area contributed by atoms with Gasteiger partial charge in [-0.15, -0.1) is 11.3 Å². The summed E-state index contributed by atoms with van der Waals surface area (Å²) in [5.41, 5.74) is 1.65. The molecule has 2 atom stereocenters. The van der Waals surface area contributed by atoms with Gasteiger partial charge in [0.05, 0.1) is 6.07 Å². The van der Waals surface area contributed by atoms with Gasteiger partial charge in [-0.05, 0) is 57.7 Å². The number of rotatable bonds is 8. The number of thiazole rings is 1. The van der Waals surface area contributed by atoms with Crippen molar-refractivity contribution in [3.05, 3.63) is 49.4 Å². The van der Waals surface area contributed by atoms with Crippen LogP contribution in [0.2, 0.25) is 0 Å². The lowest BCUT2D eigenvalue weighted by atomic mass is 9.97. The molecule has 35 heavy (non-hydrogen) atoms. The molecule has 1 aliphatic heterocycles. The van der Waals surface area contributed by atoms with Gasteiger partial charge >= 0.3 is 0 Å². The van der Waals surface area contributed by atoms with E-state index >= 15 is 0 Å². The molecule has 2 aromatic rings. The van der Waals surface area contributed by atoms with E-state index in [1.54, 1.807) is 13.1 Å². The third-order valence-electron chi connectivity index (χ3n) is 6.44. The minimum Gasteiger partial charge on any atom is -0.360 e. The largest absolute Gasteiger partial charge is 0.360 e. The lowest BCUT2D eigenvalue weighted by molar-refractivity contribution is -0.115. The highest BCUT2D eigenvalue weighted by Crippen LogP contribution is 2.23. The van der Waals surface area contributed by atoms with Crippen molar-refractivity contribution < 1.29 is 4.79 Å². The second-order valence-electron chi connectivity index (χ2n) is 8.75. The standard InChI is InChI=1S/C26H32N6O2S/c1-4-31-25(34)23(35-26(31)22(16-28)24(33)29-13-12-27)17-30-21-10-6-9-20(15-21)11-14-32-18(2)7-5-8-19(32)3/h6,9-10,15,17-19,30H,4-5,7-8,11,13-14H2,1-3H3,(H,29,33). The Morgan fingerprint density at radius 3 is 2.66 bits per heavy atom. The summed E-state index contributed by atoms with van der Waals surface area (Å²) in [5.74, 6) is -0.665. The zero-order chi connectivity index (χ0) is 25.4. The van der Waals surface area contributed by atoms with Crippen molar-refractivity contribution in [1.29, 1.82) is 10.5 Å². The number of aromatic nitrogens is 1. The summed E-state index contributed by atoms with van der Waals surface area (Å²) in [5, 5.41) is 23.8. The summed E-state index contributed by atoms with van der Waals surface area (Å²) in [7, 11) is 0. The topological polar surface area (TPSA) is 114 Å². The third kappa shape index (κ3) is 6.39. The molecular weight excluding hydrogens is 460 g/mol. The Balaban J connectivity index is 1.82. The number of amides is 1. The SMILES string of the molecule is CCn1c(=C(C#N)C(=O)NCC#N)sc(=CNc2cccc(CCN3C(C)CCCC3C)c2)c1=O. The Morgan fingerprint density at radius 1 is 1.26 bits per heavy atom. The molecule has 1 fully saturated rings. The van der Waals surface area contributed by atoms with Crippen LogP contribution in [-0.4, -0.2) is 40.5 Å². The second kappa shape index (κ2) is 12.3. The molecule has 1 aromatic carbocycles. The molecule has 2 heterocycles. The van der Waals surface area contributed by atoms with Gasteiger partial charge in [0.2, 0.25) is 0 Å². The molecule has 0 aliphatic carbocycles. The second-order valence-corrected chi connectivity index (χ2v) is 9.78. The van der Waals surface area contributed by atoms with Crippen LogP contribution in [0.25, 0.3) is 11.8 Å². The Labute approximate surface area is 209 Å². The van der Waals surface area contributed by atoms with E-state index in [2.05, 4.69) is 41.5 Å². The lowest BCUT2D eigenvalue weighted by Gasteiger charge is -2.39. The van der Waals surface area contributed by atoms with E-state index in [0.29, 0.717) is 23.2 Å². The van der Waals surface area contributed by atoms with Gasteiger partial charge in [0, 0.05) is 37.1 Å². The van der Waals surface area contributed by atoms with Crippen LogP contribution in [-0.2, 0) is 17.8 Å². The van der Waals surface area contributed by atoms with Gasteiger partial charge in [0.15, 0.2) is 5.57 Å². The first-order valence-electron chi connectivity index (χ1n) is 12.0. The maximum Gasteiger partial charge on any atom is 0.270 e. The first-order valence-corrected chi connectivity index (χ1v) is 12.8. The van der Waals surface area contributed by atoms with Crippen molar-refractivity contribution in [2.45, 2.75) is 65.1 Å². The molecule has 1 aliphatic rings. The number of carbonyl (C=O) groups excluding carboxylic acids is 1. The quantitative estimate of drug-likeness (QED) is 0.544. The molecule has 0 radical (unpaired) electrons. The normalized spacial score (nSPS) is 19.5. The van der Waals surface area contributed by atoms with Crippen LogP contribution in [0.1, 0.15) is 45.6 Å². The predicted molar refractivity (Wildman–Crippen MR) is 139 cm³/mol. The van der Waals surface area contributed by atoms with Crippen LogP contribution in [0.15, 0.2) is 29.1 Å². The highest BCUT2D eigenvalue weighted by atomic mass is 32.1. The van der Waals surface area contributed by atoms with Gasteiger partial charge in [-0.2, -0.15) is 10.5 Å². The van der Waals surface area contributed by atoms with Crippen LogP contribution >= 0.6 is 11.3 Å². The fraction of sp³-hybridized carbons (Fsp3) is 0.462. The fourth-order valence-electron chi connectivity index (χ4n) is 4.54. The van der Waals surface area contributed by atoms with E-state index in [9.17, 15) is 14.9 Å². The lowest BCUT2D eigenvalue weighted by Crippen LogP contribution is -2.44. The Morgan fingerprint density at radius 2 is 2.00 bits per heavy atom. The molecule has 1 saturated heterocycles. The van der Waals surface area contributed by atoms with Crippen molar-refractivity contribution in [2.24, 2.45) is 0 Å². The van der Waals surface area contributed by atoms with Crippen LogP contribution < -0.4 is 25.4 Å². The van der Waals surface area contributed by atoms with E-state index in [1.807, 2.05) is 24.3 Å². The van der Waals surface area contributed by atoms with Crippen LogP contribution in [0.5, 0.6) is 0 Å². The number of likely N-dealkylation sites (tertiary alicyclic amines) is 1. The van der Waals surface area contributed by atoms with E-state index in [1.165, 1.54) is 29.4 Å². The van der Waals surface area contributed by atoms with Gasteiger partial charge in [-0.25, -0.2) is 0 Å². The van der Waals surface area contributed by atoms with Crippen molar-refractivity contribution in [1.82, 2.24) is 14.8 Å². The number of anilines is 1. The molecule has 3 rings (SSSR count). The highest BCUT2D eigenvalue weighted by Gasteiger charge is 2.24. The van der Waals surface area contributed by atoms with Crippen molar-refractivity contribution in [2.75, 3.05) is 18.4 Å². The monoisotopic (exact) mass is 492 g/mol. The van der Waals surface area contributed by atoms with E-state index in [-0.39, 0.29) is 22.3 Å². The fourth-order valence-corrected chi connectivity index (χ4v) is 5.62. The molecular formula is C26H32N6O2S. The minimum atomic E-state index is -0.665. The zero-order valence-electron chi connectivity index (χ0n) is 20.5. The summed E-state index contributed by atoms with van der Waals surface area (Å²) in [6, 6.07) is 13.1. The Bertz CT molecular complexity index is 1300. The first-order chi connectivity index (χ1) is 16.9. The van der Waals surface area contributed by atoms with Gasteiger partial charge < -0.3 is 10.6 Å². The van der Waals surface area contributed by atoms with Crippen molar-refractivity contribution >= 4 is 34.7 Å². The van der Waals surface area contributed by atoms with Crippen molar-refractivity contribution in [3.63, 3.8) is 0 Å². The van der Waals surface area contributed by atoms with Crippen LogP contribution in [0.4, 0.5) is 5.69 Å². The maximum absolute atomic E-state index is 12.9. The number of piperidine rings is 1. The average Bonchev–Trinajstić information content (AvgIpc) is 3.16. The number of nitrogens with zero attached hydrogens (tertiary/aromatic N) is 4. The molecule has 2 unspecified atom stereocenters. The van der Waals surface area contributed by atoms with Crippen LogP contribution in [0.3, 0.4) is 0 Å².